The predicted molar refractivity (Wildman–Crippen MR) is 130 cm³/mol. The van der Waals surface area contributed by atoms with Crippen LogP contribution in [0, 0.1) is 5.92 Å². The second kappa shape index (κ2) is 15.8. The van der Waals surface area contributed by atoms with Gasteiger partial charge in [0, 0.05) is 13.2 Å². The topological polar surface area (TPSA) is 55.4 Å². The van der Waals surface area contributed by atoms with E-state index in [4.69, 9.17) is 4.74 Å². The summed E-state index contributed by atoms with van der Waals surface area (Å²) >= 11 is 0. The first-order valence-electron chi connectivity index (χ1n) is 12.8. The fourth-order valence-electron chi connectivity index (χ4n) is 4.63. The van der Waals surface area contributed by atoms with E-state index < -0.39 is 10.0 Å². The summed E-state index contributed by atoms with van der Waals surface area (Å²) < 4.78 is 33.2. The van der Waals surface area contributed by atoms with E-state index in [1.807, 2.05) is 6.07 Å². The van der Waals surface area contributed by atoms with E-state index in [2.05, 4.69) is 11.6 Å². The van der Waals surface area contributed by atoms with Gasteiger partial charge in [0.05, 0.1) is 11.0 Å². The van der Waals surface area contributed by atoms with Gasteiger partial charge in [-0.1, -0.05) is 89.3 Å². The smallest absolute Gasteiger partial charge is 0.240 e. The van der Waals surface area contributed by atoms with Crippen molar-refractivity contribution in [2.75, 3.05) is 13.2 Å². The Labute approximate surface area is 191 Å². The van der Waals surface area contributed by atoms with Crippen LogP contribution in [0.25, 0.3) is 0 Å². The first kappa shape index (κ1) is 26.3. The normalized spacial score (nSPS) is 19.5. The van der Waals surface area contributed by atoms with Crippen LogP contribution in [0.1, 0.15) is 103 Å². The van der Waals surface area contributed by atoms with Crippen molar-refractivity contribution in [2.45, 2.75) is 114 Å². The Morgan fingerprint density at radius 2 is 1.52 bits per heavy atom. The Bertz CT molecular complexity index is 662. The summed E-state index contributed by atoms with van der Waals surface area (Å²) in [7, 11) is -3.36. The van der Waals surface area contributed by atoms with E-state index in [-0.39, 0.29) is 0 Å². The highest BCUT2D eigenvalue weighted by molar-refractivity contribution is 7.89. The van der Waals surface area contributed by atoms with Crippen LogP contribution in [0.15, 0.2) is 35.2 Å². The lowest BCUT2D eigenvalue weighted by Gasteiger charge is -2.32. The number of sulfonamides is 1. The molecular formula is C26H45NO3S. The van der Waals surface area contributed by atoms with E-state index in [1.54, 1.807) is 24.3 Å². The van der Waals surface area contributed by atoms with E-state index in [0.717, 1.165) is 25.4 Å². The van der Waals surface area contributed by atoms with Crippen molar-refractivity contribution in [1.29, 1.82) is 0 Å². The number of rotatable bonds is 17. The Morgan fingerprint density at radius 1 is 0.871 bits per heavy atom. The average Bonchev–Trinajstić information content (AvgIpc) is 2.79. The molecule has 1 N–H and O–H groups in total. The molecule has 2 rings (SSSR count). The van der Waals surface area contributed by atoms with Gasteiger partial charge in [-0.15, -0.1) is 0 Å². The monoisotopic (exact) mass is 451 g/mol. The highest BCUT2D eigenvalue weighted by Gasteiger charge is 2.24. The zero-order valence-electron chi connectivity index (χ0n) is 19.7. The summed E-state index contributed by atoms with van der Waals surface area (Å²) in [5.41, 5.74) is 0. The molecule has 1 aromatic carbocycles. The maximum atomic E-state index is 12.2. The summed E-state index contributed by atoms with van der Waals surface area (Å²) in [5.74, 6) is 0.752. The van der Waals surface area contributed by atoms with Crippen LogP contribution in [0.2, 0.25) is 0 Å². The van der Waals surface area contributed by atoms with Gasteiger partial charge in [0.15, 0.2) is 0 Å². The van der Waals surface area contributed by atoms with E-state index in [9.17, 15) is 8.42 Å². The van der Waals surface area contributed by atoms with Crippen molar-refractivity contribution >= 4 is 10.0 Å². The van der Waals surface area contributed by atoms with Crippen molar-refractivity contribution in [3.05, 3.63) is 30.3 Å². The summed E-state index contributed by atoms with van der Waals surface area (Å²) in [6.07, 6.45) is 19.4. The predicted octanol–water partition coefficient (Wildman–Crippen LogP) is 6.85. The van der Waals surface area contributed by atoms with Crippen LogP contribution in [0.5, 0.6) is 0 Å². The quantitative estimate of drug-likeness (QED) is 0.263. The third-order valence-electron chi connectivity index (χ3n) is 6.52. The molecular weight excluding hydrogens is 406 g/mol. The summed E-state index contributed by atoms with van der Waals surface area (Å²) in [6.45, 7) is 3.75. The van der Waals surface area contributed by atoms with E-state index in [0.29, 0.717) is 17.5 Å². The lowest BCUT2D eigenvalue weighted by Crippen LogP contribution is -2.29. The SMILES string of the molecule is CCCCCCCC[C@H]1OCCC[C@@H]1CCCCCCCNS(=O)(=O)c1ccccc1. The van der Waals surface area contributed by atoms with Crippen LogP contribution in [-0.2, 0) is 14.8 Å². The molecule has 0 unspecified atom stereocenters. The molecule has 1 fully saturated rings. The zero-order chi connectivity index (χ0) is 22.2. The van der Waals surface area contributed by atoms with Crippen LogP contribution in [-0.4, -0.2) is 27.7 Å². The molecule has 178 valence electrons. The standard InChI is InChI=1S/C26H45NO3S/c1-2-3-4-5-8-14-21-26-24(18-16-23-30-26)17-11-7-6-9-15-22-27-31(28,29)25-19-12-10-13-20-25/h10,12-13,19-20,24,26-27H,2-9,11,14-18,21-23H2,1H3/t24-,26+/m0/s1. The summed E-state index contributed by atoms with van der Waals surface area (Å²) in [6, 6.07) is 8.61. The fourth-order valence-corrected chi connectivity index (χ4v) is 5.72. The van der Waals surface area contributed by atoms with Gasteiger partial charge >= 0.3 is 0 Å². The number of hydrogen-bond donors (Lipinski definition) is 1. The number of benzene rings is 1. The maximum absolute atomic E-state index is 12.2. The molecule has 2 atom stereocenters. The minimum Gasteiger partial charge on any atom is -0.378 e. The maximum Gasteiger partial charge on any atom is 0.240 e. The van der Waals surface area contributed by atoms with Crippen LogP contribution < -0.4 is 4.72 Å². The molecule has 31 heavy (non-hydrogen) atoms. The van der Waals surface area contributed by atoms with Crippen LogP contribution >= 0.6 is 0 Å². The minimum absolute atomic E-state index is 0.347. The highest BCUT2D eigenvalue weighted by atomic mass is 32.2. The molecule has 0 saturated carbocycles. The molecule has 1 aromatic rings. The molecule has 1 heterocycles. The van der Waals surface area contributed by atoms with Crippen molar-refractivity contribution in [2.24, 2.45) is 5.92 Å². The van der Waals surface area contributed by atoms with Gasteiger partial charge < -0.3 is 4.74 Å². The lowest BCUT2D eigenvalue weighted by atomic mass is 9.86. The zero-order valence-corrected chi connectivity index (χ0v) is 20.5. The van der Waals surface area contributed by atoms with Gasteiger partial charge in [-0.05, 0) is 50.2 Å². The van der Waals surface area contributed by atoms with Crippen molar-refractivity contribution < 1.29 is 13.2 Å². The second-order valence-corrected chi connectivity index (χ2v) is 10.9. The highest BCUT2D eigenvalue weighted by Crippen LogP contribution is 2.29. The van der Waals surface area contributed by atoms with Gasteiger partial charge in [-0.25, -0.2) is 13.1 Å². The van der Waals surface area contributed by atoms with Crippen molar-refractivity contribution in [3.63, 3.8) is 0 Å². The molecule has 0 aromatic heterocycles. The Hall–Kier alpha value is -0.910. The number of hydrogen-bond acceptors (Lipinski definition) is 3. The van der Waals surface area contributed by atoms with Gasteiger partial charge in [-0.3, -0.25) is 0 Å². The fraction of sp³-hybridized carbons (Fsp3) is 0.769. The Morgan fingerprint density at radius 3 is 2.26 bits per heavy atom. The molecule has 0 bridgehead atoms. The average molecular weight is 452 g/mol. The van der Waals surface area contributed by atoms with Crippen molar-refractivity contribution in [3.8, 4) is 0 Å². The molecule has 1 aliphatic rings. The van der Waals surface area contributed by atoms with Crippen LogP contribution in [0.3, 0.4) is 0 Å². The Kier molecular flexibility index (Phi) is 13.4. The molecule has 0 spiro atoms. The summed E-state index contributed by atoms with van der Waals surface area (Å²) in [4.78, 5) is 0.347. The largest absolute Gasteiger partial charge is 0.378 e. The molecule has 0 radical (unpaired) electrons. The second-order valence-electron chi connectivity index (χ2n) is 9.14. The first-order valence-corrected chi connectivity index (χ1v) is 14.3. The van der Waals surface area contributed by atoms with Gasteiger partial charge in [0.1, 0.15) is 0 Å². The molecule has 1 aliphatic heterocycles. The third-order valence-corrected chi connectivity index (χ3v) is 7.99. The number of unbranched alkanes of at least 4 members (excludes halogenated alkanes) is 9. The molecule has 0 amide bonds. The van der Waals surface area contributed by atoms with Crippen LogP contribution in [0.4, 0.5) is 0 Å². The van der Waals surface area contributed by atoms with Gasteiger partial charge in [0.2, 0.25) is 10.0 Å². The molecule has 1 saturated heterocycles. The van der Waals surface area contributed by atoms with Gasteiger partial charge in [0.25, 0.3) is 0 Å². The van der Waals surface area contributed by atoms with Crippen molar-refractivity contribution in [1.82, 2.24) is 4.72 Å². The van der Waals surface area contributed by atoms with Gasteiger partial charge in [-0.2, -0.15) is 0 Å². The third kappa shape index (κ3) is 11.0. The summed E-state index contributed by atoms with van der Waals surface area (Å²) in [5, 5.41) is 0. The molecule has 5 heteroatoms. The minimum atomic E-state index is -3.36. The Balaban J connectivity index is 1.51. The molecule has 4 nitrogen and oxygen atoms in total. The lowest BCUT2D eigenvalue weighted by molar-refractivity contribution is -0.0352. The van der Waals surface area contributed by atoms with E-state index >= 15 is 0 Å². The van der Waals surface area contributed by atoms with E-state index in [1.165, 1.54) is 83.5 Å². The number of ether oxygens (including phenoxy) is 1. The molecule has 0 aliphatic carbocycles. The first-order chi connectivity index (χ1) is 15.1. The number of nitrogens with one attached hydrogen (secondary N) is 1.